The average Bonchev–Trinajstić information content (AvgIpc) is 3.56. The van der Waals surface area contributed by atoms with E-state index in [-0.39, 0.29) is 28.3 Å². The van der Waals surface area contributed by atoms with Crippen LogP contribution in [0.1, 0.15) is 62.7 Å². The van der Waals surface area contributed by atoms with Gasteiger partial charge in [0.2, 0.25) is 5.91 Å². The number of primary amides is 1. The Morgan fingerprint density at radius 1 is 1.16 bits per heavy atom. The minimum atomic E-state index is -1.01. The van der Waals surface area contributed by atoms with E-state index >= 15 is 0 Å². The van der Waals surface area contributed by atoms with Gasteiger partial charge in [-0.1, -0.05) is 48.9 Å². The molecular formula is C27H31N5O4S. The number of aromatic nitrogens is 1. The zero-order chi connectivity index (χ0) is 26.5. The van der Waals surface area contributed by atoms with Crippen LogP contribution in [0.25, 0.3) is 0 Å². The Kier molecular flexibility index (Phi) is 8.20. The molecule has 37 heavy (non-hydrogen) atoms. The number of amides is 3. The Hall–Kier alpha value is -3.76. The fraction of sp³-hybridized carbons (Fsp3) is 0.333. The molecule has 0 bridgehead atoms. The first kappa shape index (κ1) is 26.3. The summed E-state index contributed by atoms with van der Waals surface area (Å²) in [5.74, 6) is -1.73. The molecule has 0 radical (unpaired) electrons. The number of hydrogen-bond donors (Lipinski definition) is 3. The van der Waals surface area contributed by atoms with Crippen LogP contribution in [0, 0.1) is 6.92 Å². The lowest BCUT2D eigenvalue weighted by atomic mass is 10.0. The Morgan fingerprint density at radius 3 is 2.43 bits per heavy atom. The van der Waals surface area contributed by atoms with E-state index in [0.717, 1.165) is 41.9 Å². The van der Waals surface area contributed by atoms with Gasteiger partial charge in [-0.2, -0.15) is 4.37 Å². The Balaban J connectivity index is 1.80. The summed E-state index contributed by atoms with van der Waals surface area (Å²) in [6, 6.07) is 13.9. The number of benzene rings is 2. The fourth-order valence-corrected chi connectivity index (χ4v) is 5.04. The van der Waals surface area contributed by atoms with Gasteiger partial charge in [-0.15, -0.1) is 0 Å². The predicted octanol–water partition coefficient (Wildman–Crippen LogP) is 3.38. The minimum Gasteiger partial charge on any atom is -0.395 e. The number of nitrogens with zero attached hydrogens (tertiary/aromatic N) is 2. The van der Waals surface area contributed by atoms with E-state index in [1.807, 2.05) is 50.2 Å². The molecule has 0 unspecified atom stereocenters. The number of carbonyl (C=O) groups excluding carboxylic acids is 3. The van der Waals surface area contributed by atoms with Crippen LogP contribution in [-0.4, -0.2) is 41.4 Å². The Labute approximate surface area is 220 Å². The number of aryl methyl sites for hydroxylation is 2. The number of nitrogen functional groups attached to an aromatic ring is 1. The van der Waals surface area contributed by atoms with Crippen LogP contribution in [-0.2, 0) is 16.0 Å². The molecule has 1 aliphatic heterocycles. The van der Waals surface area contributed by atoms with Crippen LogP contribution in [0.15, 0.2) is 48.5 Å². The van der Waals surface area contributed by atoms with Crippen molar-refractivity contribution in [3.05, 3.63) is 75.8 Å². The molecule has 1 aliphatic rings. The average molecular weight is 522 g/mol. The van der Waals surface area contributed by atoms with Crippen molar-refractivity contribution in [1.82, 2.24) is 9.69 Å². The standard InChI is InChI=1S/C27H31N5O4S/c1-3-17-8-12-19(13-9-17)32(27(35)24-21(28)22(25(29)33)31-37-24)23(18-10-6-16(2)7-11-18)26(34)30-15-20-5-4-14-36-20/h6-13,20,23H,3-5,14-15,28H2,1-2H3,(H2,29,33)(H,30,34)/t20-,23+/m1/s1. The van der Waals surface area contributed by atoms with Crippen molar-refractivity contribution < 1.29 is 19.1 Å². The van der Waals surface area contributed by atoms with Crippen molar-refractivity contribution in [2.45, 2.75) is 45.3 Å². The zero-order valence-corrected chi connectivity index (χ0v) is 21.7. The number of anilines is 2. The maximum absolute atomic E-state index is 14.1. The third-order valence-electron chi connectivity index (χ3n) is 6.42. The highest BCUT2D eigenvalue weighted by Gasteiger charge is 2.36. The summed E-state index contributed by atoms with van der Waals surface area (Å²) in [6.45, 7) is 5.00. The van der Waals surface area contributed by atoms with E-state index in [0.29, 0.717) is 24.4 Å². The highest BCUT2D eigenvalue weighted by atomic mass is 32.1. The van der Waals surface area contributed by atoms with Crippen molar-refractivity contribution in [3.63, 3.8) is 0 Å². The SMILES string of the molecule is CCc1ccc(N(C(=O)c2snc(C(N)=O)c2N)[C@H](C(=O)NC[C@H]2CCCO2)c2ccc(C)cc2)cc1. The quantitative estimate of drug-likeness (QED) is 0.394. The molecule has 0 spiro atoms. The van der Waals surface area contributed by atoms with E-state index in [1.165, 1.54) is 4.90 Å². The van der Waals surface area contributed by atoms with E-state index in [9.17, 15) is 14.4 Å². The minimum absolute atomic E-state index is 0.0393. The van der Waals surface area contributed by atoms with Crippen LogP contribution in [0.5, 0.6) is 0 Å². The van der Waals surface area contributed by atoms with Gasteiger partial charge in [0.15, 0.2) is 5.69 Å². The lowest BCUT2D eigenvalue weighted by Crippen LogP contribution is -2.45. The maximum atomic E-state index is 14.1. The third-order valence-corrected chi connectivity index (χ3v) is 7.28. The summed E-state index contributed by atoms with van der Waals surface area (Å²) in [6.07, 6.45) is 2.57. The molecule has 0 aliphatic carbocycles. The van der Waals surface area contributed by atoms with Crippen molar-refractivity contribution in [2.24, 2.45) is 5.73 Å². The second-order valence-electron chi connectivity index (χ2n) is 9.03. The molecule has 3 aromatic rings. The summed E-state index contributed by atoms with van der Waals surface area (Å²) in [5, 5.41) is 2.98. The Bertz CT molecular complexity index is 1270. The maximum Gasteiger partial charge on any atom is 0.273 e. The molecule has 10 heteroatoms. The number of carbonyl (C=O) groups is 3. The van der Waals surface area contributed by atoms with Gasteiger partial charge in [0, 0.05) is 18.8 Å². The normalized spacial score (nSPS) is 15.8. The number of nitrogens with one attached hydrogen (secondary N) is 1. The second-order valence-corrected chi connectivity index (χ2v) is 9.80. The first-order valence-corrected chi connectivity index (χ1v) is 13.0. The second kappa shape index (κ2) is 11.5. The summed E-state index contributed by atoms with van der Waals surface area (Å²) < 4.78 is 9.67. The molecule has 2 heterocycles. The fourth-order valence-electron chi connectivity index (χ4n) is 4.30. The summed E-state index contributed by atoms with van der Waals surface area (Å²) in [4.78, 5) is 41.0. The summed E-state index contributed by atoms with van der Waals surface area (Å²) >= 11 is 0.785. The highest BCUT2D eigenvalue weighted by molar-refractivity contribution is 7.09. The number of rotatable bonds is 9. The van der Waals surface area contributed by atoms with Gasteiger partial charge in [-0.25, -0.2) is 0 Å². The van der Waals surface area contributed by atoms with Crippen LogP contribution < -0.4 is 21.7 Å². The first-order valence-electron chi connectivity index (χ1n) is 12.2. The van der Waals surface area contributed by atoms with E-state index < -0.39 is 17.9 Å². The predicted molar refractivity (Wildman–Crippen MR) is 144 cm³/mol. The molecule has 3 amide bonds. The number of ether oxygens (including phenoxy) is 1. The van der Waals surface area contributed by atoms with E-state index in [2.05, 4.69) is 9.69 Å². The third kappa shape index (κ3) is 5.81. The van der Waals surface area contributed by atoms with Crippen LogP contribution in [0.3, 0.4) is 0 Å². The van der Waals surface area contributed by atoms with Gasteiger partial charge in [-0.3, -0.25) is 19.3 Å². The van der Waals surface area contributed by atoms with Crippen LogP contribution in [0.2, 0.25) is 0 Å². The van der Waals surface area contributed by atoms with Crippen molar-refractivity contribution in [2.75, 3.05) is 23.8 Å². The first-order chi connectivity index (χ1) is 17.8. The van der Waals surface area contributed by atoms with Crippen molar-refractivity contribution in [3.8, 4) is 0 Å². The van der Waals surface area contributed by atoms with E-state index in [1.54, 1.807) is 12.1 Å². The van der Waals surface area contributed by atoms with Gasteiger partial charge in [0.25, 0.3) is 11.8 Å². The van der Waals surface area contributed by atoms with Gasteiger partial charge < -0.3 is 21.5 Å². The highest BCUT2D eigenvalue weighted by Crippen LogP contribution is 2.33. The molecule has 2 aromatic carbocycles. The molecule has 0 saturated carbocycles. The zero-order valence-electron chi connectivity index (χ0n) is 20.9. The van der Waals surface area contributed by atoms with Gasteiger partial charge in [0.1, 0.15) is 10.9 Å². The van der Waals surface area contributed by atoms with Crippen LogP contribution in [0.4, 0.5) is 11.4 Å². The molecule has 4 rings (SSSR count). The molecule has 2 atom stereocenters. The molecule has 1 saturated heterocycles. The summed E-state index contributed by atoms with van der Waals surface area (Å²) in [7, 11) is 0. The van der Waals surface area contributed by atoms with Crippen molar-refractivity contribution in [1.29, 1.82) is 0 Å². The largest absolute Gasteiger partial charge is 0.395 e. The molecule has 1 aromatic heterocycles. The van der Waals surface area contributed by atoms with Gasteiger partial charge >= 0.3 is 0 Å². The topological polar surface area (TPSA) is 141 Å². The monoisotopic (exact) mass is 521 g/mol. The number of hydrogen-bond acceptors (Lipinski definition) is 7. The van der Waals surface area contributed by atoms with Gasteiger partial charge in [0.05, 0.1) is 11.8 Å². The molecule has 194 valence electrons. The lowest BCUT2D eigenvalue weighted by Gasteiger charge is -2.31. The Morgan fingerprint density at radius 2 is 1.86 bits per heavy atom. The van der Waals surface area contributed by atoms with Gasteiger partial charge in [-0.05, 0) is 61.0 Å². The molecule has 5 N–H and O–H groups in total. The van der Waals surface area contributed by atoms with Crippen molar-refractivity contribution >= 4 is 40.6 Å². The summed E-state index contributed by atoms with van der Waals surface area (Å²) in [5.41, 5.74) is 14.5. The lowest BCUT2D eigenvalue weighted by molar-refractivity contribution is -0.123. The molecule has 9 nitrogen and oxygen atoms in total. The molecular weight excluding hydrogens is 490 g/mol. The van der Waals surface area contributed by atoms with Crippen LogP contribution >= 0.6 is 11.5 Å². The molecule has 1 fully saturated rings. The van der Waals surface area contributed by atoms with E-state index in [4.69, 9.17) is 16.2 Å². The number of nitrogens with two attached hydrogens (primary N) is 2. The smallest absolute Gasteiger partial charge is 0.273 e.